The summed E-state index contributed by atoms with van der Waals surface area (Å²) in [5.41, 5.74) is 0. The lowest BCUT2D eigenvalue weighted by atomic mass is 10.1. The summed E-state index contributed by atoms with van der Waals surface area (Å²) < 4.78 is 0.695. The lowest BCUT2D eigenvalue weighted by Crippen LogP contribution is -2.40. The fraction of sp³-hybridized carbons (Fsp3) is 0.417. The molecular formula is C12H16ClNO2S. The standard InChI is InChI=1S/C12H16ClNO2S/c1-8(2)10(7-15)14-12(16)6-4-9-3-5-11(13)17-9/h3-6,8,10,15H,7H2,1-2H3,(H,14,16). The van der Waals surface area contributed by atoms with E-state index in [1.807, 2.05) is 19.9 Å². The molecule has 0 saturated carbocycles. The lowest BCUT2D eigenvalue weighted by Gasteiger charge is -2.18. The molecule has 0 aliphatic heterocycles. The van der Waals surface area contributed by atoms with Gasteiger partial charge in [0.05, 0.1) is 17.0 Å². The smallest absolute Gasteiger partial charge is 0.244 e. The van der Waals surface area contributed by atoms with Crippen molar-refractivity contribution in [2.45, 2.75) is 19.9 Å². The van der Waals surface area contributed by atoms with Gasteiger partial charge in [-0.3, -0.25) is 4.79 Å². The number of amides is 1. The molecule has 1 rings (SSSR count). The first kappa shape index (κ1) is 14.2. The highest BCUT2D eigenvalue weighted by atomic mass is 35.5. The number of hydrogen-bond acceptors (Lipinski definition) is 3. The van der Waals surface area contributed by atoms with Crippen molar-refractivity contribution < 1.29 is 9.90 Å². The van der Waals surface area contributed by atoms with E-state index < -0.39 is 0 Å². The molecule has 3 nitrogen and oxygen atoms in total. The van der Waals surface area contributed by atoms with Crippen LogP contribution in [0.5, 0.6) is 0 Å². The van der Waals surface area contributed by atoms with Crippen LogP contribution in [0.3, 0.4) is 0 Å². The Hall–Kier alpha value is -0.840. The summed E-state index contributed by atoms with van der Waals surface area (Å²) in [4.78, 5) is 12.5. The predicted molar refractivity (Wildman–Crippen MR) is 72.2 cm³/mol. The average Bonchev–Trinajstić information content (AvgIpc) is 2.68. The quantitative estimate of drug-likeness (QED) is 0.810. The van der Waals surface area contributed by atoms with Gasteiger partial charge in [0.15, 0.2) is 0 Å². The van der Waals surface area contributed by atoms with Crippen molar-refractivity contribution in [3.63, 3.8) is 0 Å². The Balaban J connectivity index is 2.52. The second-order valence-electron chi connectivity index (χ2n) is 4.02. The van der Waals surface area contributed by atoms with Crippen molar-refractivity contribution in [2.24, 2.45) is 5.92 Å². The largest absolute Gasteiger partial charge is 0.394 e. The van der Waals surface area contributed by atoms with Crippen molar-refractivity contribution >= 4 is 34.9 Å². The Morgan fingerprint density at radius 1 is 1.59 bits per heavy atom. The number of nitrogens with one attached hydrogen (secondary N) is 1. The van der Waals surface area contributed by atoms with Crippen LogP contribution in [0.15, 0.2) is 18.2 Å². The van der Waals surface area contributed by atoms with E-state index in [1.54, 1.807) is 12.1 Å². The van der Waals surface area contributed by atoms with E-state index in [0.717, 1.165) is 4.88 Å². The summed E-state index contributed by atoms with van der Waals surface area (Å²) in [6.45, 7) is 3.84. The Labute approximate surface area is 110 Å². The number of aliphatic hydroxyl groups is 1. The molecular weight excluding hydrogens is 258 g/mol. The normalized spacial score (nSPS) is 13.2. The molecule has 0 radical (unpaired) electrons. The maximum atomic E-state index is 11.6. The maximum absolute atomic E-state index is 11.6. The van der Waals surface area contributed by atoms with Crippen LogP contribution in [0, 0.1) is 5.92 Å². The Morgan fingerprint density at radius 2 is 2.29 bits per heavy atom. The van der Waals surface area contributed by atoms with E-state index in [1.165, 1.54) is 17.4 Å². The van der Waals surface area contributed by atoms with Crippen molar-refractivity contribution in [3.8, 4) is 0 Å². The van der Waals surface area contributed by atoms with E-state index in [9.17, 15) is 4.79 Å². The molecule has 0 fully saturated rings. The first-order valence-electron chi connectivity index (χ1n) is 5.37. The zero-order valence-electron chi connectivity index (χ0n) is 9.81. The molecule has 5 heteroatoms. The highest BCUT2D eigenvalue weighted by molar-refractivity contribution is 7.17. The molecule has 0 bridgehead atoms. The molecule has 1 heterocycles. The van der Waals surface area contributed by atoms with Crippen LogP contribution in [0.2, 0.25) is 4.34 Å². The van der Waals surface area contributed by atoms with Gasteiger partial charge >= 0.3 is 0 Å². The molecule has 1 aromatic heterocycles. The summed E-state index contributed by atoms with van der Waals surface area (Å²) in [6.07, 6.45) is 3.16. The van der Waals surface area contributed by atoms with Gasteiger partial charge in [0.25, 0.3) is 0 Å². The molecule has 1 unspecified atom stereocenters. The van der Waals surface area contributed by atoms with Gasteiger partial charge in [-0.25, -0.2) is 0 Å². The van der Waals surface area contributed by atoms with Crippen LogP contribution in [0.4, 0.5) is 0 Å². The number of thiophene rings is 1. The number of carbonyl (C=O) groups is 1. The highest BCUT2D eigenvalue weighted by Gasteiger charge is 2.13. The Morgan fingerprint density at radius 3 is 2.76 bits per heavy atom. The molecule has 17 heavy (non-hydrogen) atoms. The zero-order chi connectivity index (χ0) is 12.8. The SMILES string of the molecule is CC(C)C(CO)NC(=O)C=Cc1ccc(Cl)s1. The van der Waals surface area contributed by atoms with Crippen molar-refractivity contribution in [3.05, 3.63) is 27.4 Å². The third kappa shape index (κ3) is 4.89. The van der Waals surface area contributed by atoms with Gasteiger partial charge < -0.3 is 10.4 Å². The second-order valence-corrected chi connectivity index (χ2v) is 5.76. The van der Waals surface area contributed by atoms with Gasteiger partial charge in [-0.2, -0.15) is 0 Å². The van der Waals surface area contributed by atoms with E-state index in [-0.39, 0.29) is 24.5 Å². The monoisotopic (exact) mass is 273 g/mol. The zero-order valence-corrected chi connectivity index (χ0v) is 11.4. The summed E-state index contributed by atoms with van der Waals surface area (Å²) in [7, 11) is 0. The van der Waals surface area contributed by atoms with Crippen molar-refractivity contribution in [1.29, 1.82) is 0 Å². The lowest BCUT2D eigenvalue weighted by molar-refractivity contribution is -0.117. The van der Waals surface area contributed by atoms with E-state index in [4.69, 9.17) is 16.7 Å². The molecule has 1 atom stereocenters. The minimum atomic E-state index is -0.209. The maximum Gasteiger partial charge on any atom is 0.244 e. The molecule has 0 spiro atoms. The number of hydrogen-bond donors (Lipinski definition) is 2. The number of rotatable bonds is 5. The summed E-state index contributed by atoms with van der Waals surface area (Å²) in [5, 5.41) is 11.8. The number of aliphatic hydroxyl groups excluding tert-OH is 1. The van der Waals surface area contributed by atoms with E-state index in [0.29, 0.717) is 4.34 Å². The third-order valence-corrected chi connectivity index (χ3v) is 3.52. The van der Waals surface area contributed by atoms with Crippen LogP contribution in [0.1, 0.15) is 18.7 Å². The second kappa shape index (κ2) is 6.79. The molecule has 0 saturated heterocycles. The van der Waals surface area contributed by atoms with Crippen molar-refractivity contribution in [1.82, 2.24) is 5.32 Å². The Bertz CT molecular complexity index is 401. The van der Waals surface area contributed by atoms with Crippen LogP contribution < -0.4 is 5.32 Å². The van der Waals surface area contributed by atoms with E-state index in [2.05, 4.69) is 5.32 Å². The van der Waals surface area contributed by atoms with Gasteiger partial charge in [-0.15, -0.1) is 11.3 Å². The van der Waals surface area contributed by atoms with Crippen LogP contribution in [0.25, 0.3) is 6.08 Å². The molecule has 1 amide bonds. The topological polar surface area (TPSA) is 49.3 Å². The summed E-state index contributed by atoms with van der Waals surface area (Å²) >= 11 is 7.18. The van der Waals surface area contributed by atoms with Crippen LogP contribution >= 0.6 is 22.9 Å². The van der Waals surface area contributed by atoms with Gasteiger partial charge in [-0.05, 0) is 24.1 Å². The Kier molecular flexibility index (Phi) is 5.68. The van der Waals surface area contributed by atoms with Crippen molar-refractivity contribution in [2.75, 3.05) is 6.61 Å². The average molecular weight is 274 g/mol. The van der Waals surface area contributed by atoms with Crippen LogP contribution in [-0.2, 0) is 4.79 Å². The van der Waals surface area contributed by atoms with Gasteiger partial charge in [-0.1, -0.05) is 25.4 Å². The van der Waals surface area contributed by atoms with E-state index >= 15 is 0 Å². The molecule has 94 valence electrons. The molecule has 2 N–H and O–H groups in total. The number of carbonyl (C=O) groups excluding carboxylic acids is 1. The summed E-state index contributed by atoms with van der Waals surface area (Å²) in [6, 6.07) is 3.43. The minimum Gasteiger partial charge on any atom is -0.394 e. The highest BCUT2D eigenvalue weighted by Crippen LogP contribution is 2.22. The first-order valence-corrected chi connectivity index (χ1v) is 6.57. The van der Waals surface area contributed by atoms with Gasteiger partial charge in [0.2, 0.25) is 5.91 Å². The minimum absolute atomic E-state index is 0.0535. The fourth-order valence-electron chi connectivity index (χ4n) is 1.23. The van der Waals surface area contributed by atoms with Gasteiger partial charge in [0, 0.05) is 11.0 Å². The molecule has 0 aromatic carbocycles. The number of halogens is 1. The summed E-state index contributed by atoms with van der Waals surface area (Å²) in [5.74, 6) is -0.00388. The molecule has 0 aliphatic rings. The fourth-order valence-corrected chi connectivity index (χ4v) is 2.19. The first-order chi connectivity index (χ1) is 8.02. The third-order valence-electron chi connectivity index (χ3n) is 2.32. The molecule has 0 aliphatic carbocycles. The van der Waals surface area contributed by atoms with Crippen LogP contribution in [-0.4, -0.2) is 23.7 Å². The molecule has 1 aromatic rings. The predicted octanol–water partition coefficient (Wildman–Crippen LogP) is 2.55. The van der Waals surface area contributed by atoms with Gasteiger partial charge in [0.1, 0.15) is 0 Å².